The van der Waals surface area contributed by atoms with Crippen molar-refractivity contribution in [3.05, 3.63) is 53.9 Å². The van der Waals surface area contributed by atoms with Crippen LogP contribution in [0.5, 0.6) is 0 Å². The zero-order valence-corrected chi connectivity index (χ0v) is 13.6. The summed E-state index contributed by atoms with van der Waals surface area (Å²) in [4.78, 5) is 0. The highest BCUT2D eigenvalue weighted by atomic mass is 15.3. The maximum atomic E-state index is 4.43. The van der Waals surface area contributed by atoms with Crippen LogP contribution in [0, 0.1) is 11.3 Å². The van der Waals surface area contributed by atoms with Crippen LogP contribution in [0.25, 0.3) is 0 Å². The van der Waals surface area contributed by atoms with E-state index < -0.39 is 0 Å². The average molecular weight is 285 g/mol. The Balaban J connectivity index is 1.81. The quantitative estimate of drug-likeness (QED) is 0.877. The van der Waals surface area contributed by atoms with Gasteiger partial charge in [-0.05, 0) is 23.4 Å². The molecule has 0 saturated heterocycles. The summed E-state index contributed by atoms with van der Waals surface area (Å²) in [5, 5.41) is 7.97. The molecule has 3 nitrogen and oxygen atoms in total. The van der Waals surface area contributed by atoms with Crippen molar-refractivity contribution in [2.45, 2.75) is 40.8 Å². The fourth-order valence-electron chi connectivity index (χ4n) is 2.09. The Labute approximate surface area is 128 Å². The van der Waals surface area contributed by atoms with Gasteiger partial charge in [-0.15, -0.1) is 0 Å². The van der Waals surface area contributed by atoms with Crippen molar-refractivity contribution in [1.82, 2.24) is 15.1 Å². The molecule has 0 radical (unpaired) electrons. The Hall–Kier alpha value is -1.61. The number of aromatic nitrogens is 2. The van der Waals surface area contributed by atoms with Gasteiger partial charge < -0.3 is 5.32 Å². The summed E-state index contributed by atoms with van der Waals surface area (Å²) in [5.74, 6) is 0.650. The molecule has 0 saturated carbocycles. The van der Waals surface area contributed by atoms with E-state index in [-0.39, 0.29) is 0 Å². The molecule has 0 fully saturated rings. The van der Waals surface area contributed by atoms with Crippen LogP contribution in [-0.4, -0.2) is 16.3 Å². The normalized spacial score (nSPS) is 13.3. The Kier molecular flexibility index (Phi) is 5.18. The second-order valence-corrected chi connectivity index (χ2v) is 6.93. The summed E-state index contributed by atoms with van der Waals surface area (Å²) < 4.78 is 2.00. The molecule has 1 unspecified atom stereocenters. The van der Waals surface area contributed by atoms with Gasteiger partial charge in [-0.1, -0.05) is 58.0 Å². The zero-order valence-electron chi connectivity index (χ0n) is 13.6. The second-order valence-electron chi connectivity index (χ2n) is 6.93. The molecule has 0 aliphatic heterocycles. The summed E-state index contributed by atoms with van der Waals surface area (Å²) in [6.45, 7) is 11.9. The van der Waals surface area contributed by atoms with E-state index >= 15 is 0 Å². The molecule has 2 rings (SSSR count). The van der Waals surface area contributed by atoms with E-state index in [0.29, 0.717) is 11.3 Å². The first-order valence-corrected chi connectivity index (χ1v) is 7.71. The van der Waals surface area contributed by atoms with Crippen molar-refractivity contribution in [1.29, 1.82) is 0 Å². The van der Waals surface area contributed by atoms with Gasteiger partial charge in [-0.2, -0.15) is 5.10 Å². The van der Waals surface area contributed by atoms with Crippen LogP contribution in [0.1, 0.15) is 38.8 Å². The minimum Gasteiger partial charge on any atom is -0.312 e. The number of benzene rings is 1. The van der Waals surface area contributed by atoms with Gasteiger partial charge >= 0.3 is 0 Å². The topological polar surface area (TPSA) is 29.9 Å². The first-order valence-electron chi connectivity index (χ1n) is 7.71. The third kappa shape index (κ3) is 5.01. The van der Waals surface area contributed by atoms with Crippen molar-refractivity contribution in [3.63, 3.8) is 0 Å². The molecule has 1 aromatic carbocycles. The molecule has 21 heavy (non-hydrogen) atoms. The van der Waals surface area contributed by atoms with Crippen LogP contribution in [0.2, 0.25) is 0 Å². The first-order chi connectivity index (χ1) is 9.95. The maximum Gasteiger partial charge on any atom is 0.0659 e. The summed E-state index contributed by atoms with van der Waals surface area (Å²) in [6.07, 6.45) is 4.08. The van der Waals surface area contributed by atoms with Gasteiger partial charge in [0, 0.05) is 18.3 Å². The molecule has 1 atom stereocenters. The lowest BCUT2D eigenvalue weighted by Gasteiger charge is -2.27. The summed E-state index contributed by atoms with van der Waals surface area (Å²) in [5.41, 5.74) is 2.87. The van der Waals surface area contributed by atoms with Gasteiger partial charge in [-0.3, -0.25) is 4.68 Å². The second kappa shape index (κ2) is 6.90. The van der Waals surface area contributed by atoms with Crippen molar-refractivity contribution in [2.24, 2.45) is 11.3 Å². The van der Waals surface area contributed by atoms with E-state index in [4.69, 9.17) is 0 Å². The van der Waals surface area contributed by atoms with E-state index in [2.05, 4.69) is 68.6 Å². The molecule has 1 aromatic heterocycles. The Morgan fingerprint density at radius 3 is 2.52 bits per heavy atom. The van der Waals surface area contributed by atoms with Crippen molar-refractivity contribution in [3.8, 4) is 0 Å². The molecule has 0 spiro atoms. The number of nitrogens with zero attached hydrogens (tertiary/aromatic N) is 2. The highest BCUT2D eigenvalue weighted by Gasteiger charge is 2.19. The Morgan fingerprint density at radius 2 is 1.86 bits per heavy atom. The minimum absolute atomic E-state index is 0.352. The molecule has 0 bridgehead atoms. The van der Waals surface area contributed by atoms with Crippen molar-refractivity contribution >= 4 is 0 Å². The molecule has 0 amide bonds. The molecule has 1 heterocycles. The molecular weight excluding hydrogens is 258 g/mol. The van der Waals surface area contributed by atoms with E-state index in [1.54, 1.807) is 0 Å². The van der Waals surface area contributed by atoms with Gasteiger partial charge in [-0.25, -0.2) is 0 Å². The molecule has 3 heteroatoms. The highest BCUT2D eigenvalue weighted by Crippen LogP contribution is 2.24. The molecule has 114 valence electrons. The smallest absolute Gasteiger partial charge is 0.0659 e. The van der Waals surface area contributed by atoms with Gasteiger partial charge in [0.05, 0.1) is 12.7 Å². The van der Waals surface area contributed by atoms with Crippen LogP contribution < -0.4 is 5.32 Å². The first kappa shape index (κ1) is 15.8. The van der Waals surface area contributed by atoms with Gasteiger partial charge in [0.15, 0.2) is 0 Å². The zero-order chi connectivity index (χ0) is 15.3. The number of rotatable bonds is 6. The van der Waals surface area contributed by atoms with Gasteiger partial charge in [0.2, 0.25) is 0 Å². The maximum absolute atomic E-state index is 4.43. The Morgan fingerprint density at radius 1 is 1.14 bits per heavy atom. The standard InChI is InChI=1S/C18H27N3/c1-15(18(2,3)4)10-19-11-17-12-20-21(14-17)13-16-8-6-5-7-9-16/h5-9,12,14-15,19H,10-11,13H2,1-4H3. The fourth-order valence-corrected chi connectivity index (χ4v) is 2.09. The third-order valence-corrected chi connectivity index (χ3v) is 4.13. The molecule has 0 aliphatic rings. The summed E-state index contributed by atoms with van der Waals surface area (Å²) in [7, 11) is 0. The molecule has 0 aliphatic carbocycles. The lowest BCUT2D eigenvalue weighted by Crippen LogP contribution is -2.29. The number of nitrogens with one attached hydrogen (secondary N) is 1. The minimum atomic E-state index is 0.352. The SMILES string of the molecule is CC(CNCc1cnn(Cc2ccccc2)c1)C(C)(C)C. The monoisotopic (exact) mass is 285 g/mol. The highest BCUT2D eigenvalue weighted by molar-refractivity contribution is 5.15. The van der Waals surface area contributed by atoms with Crippen LogP contribution in [0.3, 0.4) is 0 Å². The van der Waals surface area contributed by atoms with Crippen LogP contribution >= 0.6 is 0 Å². The van der Waals surface area contributed by atoms with E-state index in [9.17, 15) is 0 Å². The Bertz CT molecular complexity index is 537. The fraction of sp³-hybridized carbons (Fsp3) is 0.500. The average Bonchev–Trinajstić information content (AvgIpc) is 2.86. The summed E-state index contributed by atoms with van der Waals surface area (Å²) >= 11 is 0. The van der Waals surface area contributed by atoms with Crippen LogP contribution in [0.15, 0.2) is 42.7 Å². The van der Waals surface area contributed by atoms with E-state index in [1.165, 1.54) is 11.1 Å². The van der Waals surface area contributed by atoms with Gasteiger partial charge in [0.25, 0.3) is 0 Å². The lowest BCUT2D eigenvalue weighted by atomic mass is 9.82. The van der Waals surface area contributed by atoms with Crippen molar-refractivity contribution in [2.75, 3.05) is 6.54 Å². The predicted molar refractivity (Wildman–Crippen MR) is 88.1 cm³/mol. The third-order valence-electron chi connectivity index (χ3n) is 4.13. The molecule has 1 N–H and O–H groups in total. The van der Waals surface area contributed by atoms with Gasteiger partial charge in [0.1, 0.15) is 0 Å². The van der Waals surface area contributed by atoms with Crippen molar-refractivity contribution < 1.29 is 0 Å². The van der Waals surface area contributed by atoms with E-state index in [1.807, 2.05) is 16.9 Å². The molecular formula is C18H27N3. The largest absolute Gasteiger partial charge is 0.312 e. The lowest BCUT2D eigenvalue weighted by molar-refractivity contribution is 0.252. The number of hydrogen-bond acceptors (Lipinski definition) is 2. The van der Waals surface area contributed by atoms with E-state index in [0.717, 1.165) is 19.6 Å². The summed E-state index contributed by atoms with van der Waals surface area (Å²) in [6, 6.07) is 10.4. The predicted octanol–water partition coefficient (Wildman–Crippen LogP) is 3.70. The molecule has 2 aromatic rings. The van der Waals surface area contributed by atoms with Crippen LogP contribution in [0.4, 0.5) is 0 Å². The van der Waals surface area contributed by atoms with Crippen LogP contribution in [-0.2, 0) is 13.1 Å². The number of hydrogen-bond donors (Lipinski definition) is 1.